The van der Waals surface area contributed by atoms with Crippen LogP contribution in [0.1, 0.15) is 38.1 Å². The van der Waals surface area contributed by atoms with Gasteiger partial charge in [0.25, 0.3) is 0 Å². The number of esters is 1. The molecule has 206 valence electrons. The van der Waals surface area contributed by atoms with E-state index in [0.29, 0.717) is 52.6 Å². The zero-order valence-corrected chi connectivity index (χ0v) is 23.8. The highest BCUT2D eigenvalue weighted by Gasteiger charge is 2.31. The lowest BCUT2D eigenvalue weighted by Gasteiger charge is -2.40. The quantitative estimate of drug-likeness (QED) is 0.346. The summed E-state index contributed by atoms with van der Waals surface area (Å²) in [5, 5.41) is 0.853. The van der Waals surface area contributed by atoms with Gasteiger partial charge >= 0.3 is 12.1 Å². The van der Waals surface area contributed by atoms with Crippen LogP contribution in [0.25, 0.3) is 11.3 Å². The molecule has 1 amide bonds. The number of anilines is 1. The number of piperazine rings is 1. The first-order valence-electron chi connectivity index (χ1n) is 12.2. The molecule has 10 nitrogen and oxygen atoms in total. The van der Waals surface area contributed by atoms with E-state index in [1.165, 1.54) is 25.6 Å². The monoisotopic (exact) mass is 573 g/mol. The number of halogens is 2. The Kier molecular flexibility index (Phi) is 8.46. The summed E-state index contributed by atoms with van der Waals surface area (Å²) in [4.78, 5) is 41.9. The second-order valence-electron chi connectivity index (χ2n) is 10.0. The van der Waals surface area contributed by atoms with Crippen LogP contribution in [0.15, 0.2) is 42.7 Å². The summed E-state index contributed by atoms with van der Waals surface area (Å²) in [5.74, 6) is 0.412. The number of ether oxygens (including phenoxy) is 3. The van der Waals surface area contributed by atoms with Crippen molar-refractivity contribution in [3.63, 3.8) is 0 Å². The smallest absolute Gasteiger partial charge is 0.410 e. The molecule has 0 N–H and O–H groups in total. The number of benzene rings is 1. The van der Waals surface area contributed by atoms with Gasteiger partial charge in [-0.15, -0.1) is 0 Å². The zero-order valence-electron chi connectivity index (χ0n) is 22.3. The van der Waals surface area contributed by atoms with Crippen LogP contribution < -0.4 is 9.64 Å². The minimum absolute atomic E-state index is 0.0863. The van der Waals surface area contributed by atoms with Crippen molar-refractivity contribution >= 4 is 41.2 Å². The molecule has 3 aromatic rings. The van der Waals surface area contributed by atoms with E-state index >= 15 is 0 Å². The van der Waals surface area contributed by atoms with Crippen LogP contribution in [0.3, 0.4) is 0 Å². The highest BCUT2D eigenvalue weighted by molar-refractivity contribution is 6.35. The number of nitrogens with zero attached hydrogens (tertiary/aromatic N) is 5. The van der Waals surface area contributed by atoms with E-state index in [0.717, 1.165) is 0 Å². The molecule has 3 heterocycles. The van der Waals surface area contributed by atoms with Gasteiger partial charge in [0.15, 0.2) is 5.75 Å². The van der Waals surface area contributed by atoms with E-state index in [4.69, 9.17) is 37.4 Å². The fraction of sp³-hybridized carbons (Fsp3) is 0.370. The summed E-state index contributed by atoms with van der Waals surface area (Å²) < 4.78 is 16.3. The molecule has 0 spiro atoms. The van der Waals surface area contributed by atoms with Gasteiger partial charge in [-0.25, -0.2) is 24.5 Å². The average Bonchev–Trinajstić information content (AvgIpc) is 2.86. The van der Waals surface area contributed by atoms with Crippen molar-refractivity contribution in [2.45, 2.75) is 39.3 Å². The lowest BCUT2D eigenvalue weighted by atomic mass is 10.1. The zero-order chi connectivity index (χ0) is 28.3. The molecule has 12 heteroatoms. The first kappa shape index (κ1) is 28.4. The molecule has 4 rings (SSSR count). The SMILES string of the molecule is COC(=O)c1cc(Oc2cnc(N3CCN(C(=O)OC(C)(C)C)C(C)C3)nc2)nc(-c2cc(Cl)cc(Cl)c2)c1. The van der Waals surface area contributed by atoms with Crippen molar-refractivity contribution in [1.82, 2.24) is 19.9 Å². The molecule has 0 saturated carbocycles. The topological polar surface area (TPSA) is 107 Å². The fourth-order valence-corrected chi connectivity index (χ4v) is 4.55. The normalized spacial score (nSPS) is 15.6. The molecule has 1 aliphatic rings. The highest BCUT2D eigenvalue weighted by Crippen LogP contribution is 2.30. The number of rotatable bonds is 5. The van der Waals surface area contributed by atoms with Crippen LogP contribution in [0.2, 0.25) is 10.0 Å². The van der Waals surface area contributed by atoms with E-state index in [-0.39, 0.29) is 23.6 Å². The van der Waals surface area contributed by atoms with Gasteiger partial charge in [0.1, 0.15) is 5.60 Å². The summed E-state index contributed by atoms with van der Waals surface area (Å²) in [7, 11) is 1.29. The minimum atomic E-state index is -0.555. The van der Waals surface area contributed by atoms with E-state index in [1.807, 2.05) is 32.6 Å². The third kappa shape index (κ3) is 7.27. The van der Waals surface area contributed by atoms with Crippen molar-refractivity contribution in [3.05, 3.63) is 58.3 Å². The molecule has 1 aromatic carbocycles. The van der Waals surface area contributed by atoms with Gasteiger partial charge in [-0.2, -0.15) is 0 Å². The Labute approximate surface area is 236 Å². The predicted octanol–water partition coefficient (Wildman–Crippen LogP) is 5.87. The maximum atomic E-state index is 12.5. The molecule has 1 atom stereocenters. The first-order valence-corrected chi connectivity index (χ1v) is 13.0. The molecule has 1 saturated heterocycles. The lowest BCUT2D eigenvalue weighted by Crippen LogP contribution is -2.55. The van der Waals surface area contributed by atoms with E-state index < -0.39 is 11.6 Å². The number of amides is 1. The Morgan fingerprint density at radius 2 is 1.67 bits per heavy atom. The molecule has 1 unspecified atom stereocenters. The summed E-state index contributed by atoms with van der Waals surface area (Å²) in [6.07, 6.45) is 2.71. The first-order chi connectivity index (χ1) is 18.4. The van der Waals surface area contributed by atoms with Crippen molar-refractivity contribution in [3.8, 4) is 22.9 Å². The Hall–Kier alpha value is -3.63. The molecular formula is C27H29Cl2N5O5. The maximum Gasteiger partial charge on any atom is 0.410 e. The third-order valence-electron chi connectivity index (χ3n) is 5.76. The van der Waals surface area contributed by atoms with Gasteiger partial charge in [0, 0.05) is 47.4 Å². The maximum absolute atomic E-state index is 12.5. The number of hydrogen-bond acceptors (Lipinski definition) is 9. The van der Waals surface area contributed by atoms with Gasteiger partial charge in [-0.05, 0) is 52.0 Å². The molecule has 0 aliphatic carbocycles. The molecule has 1 aliphatic heterocycles. The lowest BCUT2D eigenvalue weighted by molar-refractivity contribution is 0.0158. The minimum Gasteiger partial charge on any atom is -0.465 e. The van der Waals surface area contributed by atoms with Gasteiger partial charge < -0.3 is 24.0 Å². The standard InChI is InChI=1S/C27H29Cl2N5O5/c1-16-15-33(6-7-34(16)26(36)39-27(2,3)4)25-30-13-21(14-31-25)38-23-11-18(24(35)37-5)10-22(32-23)17-8-19(28)12-20(29)9-17/h8-14,16H,6-7,15H2,1-5H3. The largest absolute Gasteiger partial charge is 0.465 e. The van der Waals surface area contributed by atoms with Gasteiger partial charge in [-0.3, -0.25) is 0 Å². The van der Waals surface area contributed by atoms with E-state index in [9.17, 15) is 9.59 Å². The van der Waals surface area contributed by atoms with Crippen molar-refractivity contribution in [2.24, 2.45) is 0 Å². The molecule has 0 radical (unpaired) electrons. The van der Waals surface area contributed by atoms with Gasteiger partial charge in [0.2, 0.25) is 11.8 Å². The van der Waals surface area contributed by atoms with Crippen molar-refractivity contribution in [1.29, 1.82) is 0 Å². The Morgan fingerprint density at radius 1 is 1.00 bits per heavy atom. The fourth-order valence-electron chi connectivity index (χ4n) is 4.02. The molecule has 1 fully saturated rings. The predicted molar refractivity (Wildman–Crippen MR) is 148 cm³/mol. The number of methoxy groups -OCH3 is 1. The Morgan fingerprint density at radius 3 is 2.26 bits per heavy atom. The molecular weight excluding hydrogens is 545 g/mol. The Balaban J connectivity index is 1.49. The molecule has 2 aromatic heterocycles. The summed E-state index contributed by atoms with van der Waals surface area (Å²) in [6.45, 7) is 9.08. The molecule has 0 bridgehead atoms. The second-order valence-corrected chi connectivity index (χ2v) is 10.9. The molecule has 39 heavy (non-hydrogen) atoms. The summed E-state index contributed by atoms with van der Waals surface area (Å²) >= 11 is 12.3. The third-order valence-corrected chi connectivity index (χ3v) is 6.19. The van der Waals surface area contributed by atoms with Crippen molar-refractivity contribution in [2.75, 3.05) is 31.6 Å². The number of pyridine rings is 1. The number of carbonyl (C=O) groups is 2. The van der Waals surface area contributed by atoms with E-state index in [1.54, 1.807) is 29.2 Å². The average molecular weight is 574 g/mol. The number of carbonyl (C=O) groups excluding carboxylic acids is 2. The van der Waals surface area contributed by atoms with Crippen LogP contribution in [-0.4, -0.2) is 70.3 Å². The number of hydrogen-bond donors (Lipinski definition) is 0. The highest BCUT2D eigenvalue weighted by atomic mass is 35.5. The van der Waals surface area contributed by atoms with Crippen molar-refractivity contribution < 1.29 is 23.8 Å². The second kappa shape index (κ2) is 11.6. The van der Waals surface area contributed by atoms with Crippen LogP contribution in [0.5, 0.6) is 11.6 Å². The number of aromatic nitrogens is 3. The summed E-state index contributed by atoms with van der Waals surface area (Å²) in [6, 6.07) is 7.91. The van der Waals surface area contributed by atoms with Crippen LogP contribution in [0, 0.1) is 0 Å². The summed E-state index contributed by atoms with van der Waals surface area (Å²) in [5.41, 5.74) is 0.712. The van der Waals surface area contributed by atoms with Crippen LogP contribution >= 0.6 is 23.2 Å². The Bertz CT molecular complexity index is 1340. The van der Waals surface area contributed by atoms with Gasteiger partial charge in [0.05, 0.1) is 30.8 Å². The van der Waals surface area contributed by atoms with Crippen LogP contribution in [-0.2, 0) is 9.47 Å². The van der Waals surface area contributed by atoms with Gasteiger partial charge in [-0.1, -0.05) is 23.2 Å². The van der Waals surface area contributed by atoms with Crippen LogP contribution in [0.4, 0.5) is 10.7 Å². The van der Waals surface area contributed by atoms with E-state index in [2.05, 4.69) is 15.0 Å².